The molecular formula is C20H17N3O3S. The quantitative estimate of drug-likeness (QED) is 0.374. The van der Waals surface area contributed by atoms with E-state index in [-0.39, 0.29) is 17.2 Å². The van der Waals surface area contributed by atoms with Gasteiger partial charge >= 0.3 is 0 Å². The van der Waals surface area contributed by atoms with Crippen LogP contribution in [0.15, 0.2) is 61.0 Å². The molecule has 7 heteroatoms. The van der Waals surface area contributed by atoms with Crippen LogP contribution in [-0.2, 0) is 9.59 Å². The average molecular weight is 379 g/mol. The number of benzene rings is 1. The summed E-state index contributed by atoms with van der Waals surface area (Å²) in [6.45, 7) is 3.83. The Kier molecular flexibility index (Phi) is 5.42. The van der Waals surface area contributed by atoms with Gasteiger partial charge in [-0.25, -0.2) is 0 Å². The molecule has 6 nitrogen and oxygen atoms in total. The molecule has 0 bridgehead atoms. The molecule has 0 atom stereocenters. The molecule has 0 saturated carbocycles. The molecule has 136 valence electrons. The summed E-state index contributed by atoms with van der Waals surface area (Å²) in [5.41, 5.74) is 2.39. The zero-order valence-electron chi connectivity index (χ0n) is 14.6. The summed E-state index contributed by atoms with van der Waals surface area (Å²) in [5.74, 6) is -0.258. The first-order valence-electron chi connectivity index (χ1n) is 8.13. The molecule has 1 aromatic carbocycles. The molecule has 1 N–H and O–H groups in total. The number of hydrogen-bond acceptors (Lipinski definition) is 5. The van der Waals surface area contributed by atoms with Crippen molar-refractivity contribution in [1.29, 1.82) is 0 Å². The molecule has 2 aromatic rings. The predicted molar refractivity (Wildman–Crippen MR) is 107 cm³/mol. The van der Waals surface area contributed by atoms with Crippen LogP contribution in [0.1, 0.15) is 5.56 Å². The van der Waals surface area contributed by atoms with E-state index in [0.717, 1.165) is 16.9 Å². The van der Waals surface area contributed by atoms with Gasteiger partial charge in [0.1, 0.15) is 11.3 Å². The van der Waals surface area contributed by atoms with Crippen molar-refractivity contribution < 1.29 is 14.3 Å². The molecule has 1 aliphatic heterocycles. The Morgan fingerprint density at radius 3 is 2.67 bits per heavy atom. The van der Waals surface area contributed by atoms with E-state index in [1.165, 1.54) is 11.0 Å². The van der Waals surface area contributed by atoms with Crippen LogP contribution in [0.4, 0.5) is 0 Å². The Balaban J connectivity index is 2.03. The predicted octanol–water partition coefficient (Wildman–Crippen LogP) is 2.57. The van der Waals surface area contributed by atoms with Crippen molar-refractivity contribution in [2.45, 2.75) is 0 Å². The average Bonchev–Trinajstić information content (AvgIpc) is 2.69. The van der Waals surface area contributed by atoms with E-state index in [1.54, 1.807) is 25.6 Å². The second-order valence-corrected chi connectivity index (χ2v) is 6.10. The van der Waals surface area contributed by atoms with Gasteiger partial charge in [0, 0.05) is 24.5 Å². The van der Waals surface area contributed by atoms with Gasteiger partial charge in [-0.2, -0.15) is 0 Å². The molecule has 1 aliphatic rings. The largest absolute Gasteiger partial charge is 0.497 e. The standard InChI is InChI=1S/C20H17N3O3S/c1-3-10-23-19(25)17(18(24)22-20(23)27)11-14-12-21-9-8-16(14)13-4-6-15(26-2)7-5-13/h3-9,11-12H,1,10H2,2H3,(H,22,24,27)/b17-11+. The van der Waals surface area contributed by atoms with Crippen LogP contribution in [0, 0.1) is 0 Å². The van der Waals surface area contributed by atoms with E-state index in [4.69, 9.17) is 17.0 Å². The normalized spacial score (nSPS) is 15.7. The fraction of sp³-hybridized carbons (Fsp3) is 0.100. The Bertz CT molecular complexity index is 951. The lowest BCUT2D eigenvalue weighted by atomic mass is 9.99. The van der Waals surface area contributed by atoms with E-state index in [2.05, 4.69) is 16.9 Å². The number of amides is 2. The minimum atomic E-state index is -0.533. The number of thiocarbonyl (C=S) groups is 1. The highest BCUT2D eigenvalue weighted by Crippen LogP contribution is 2.27. The van der Waals surface area contributed by atoms with Crippen molar-refractivity contribution in [3.8, 4) is 16.9 Å². The molecule has 2 amide bonds. The maximum absolute atomic E-state index is 12.7. The van der Waals surface area contributed by atoms with Crippen molar-refractivity contribution in [2.75, 3.05) is 13.7 Å². The highest BCUT2D eigenvalue weighted by atomic mass is 32.1. The summed E-state index contributed by atoms with van der Waals surface area (Å²) in [7, 11) is 1.60. The third-order valence-corrected chi connectivity index (χ3v) is 4.37. The molecule has 2 heterocycles. The highest BCUT2D eigenvalue weighted by Gasteiger charge is 2.32. The van der Waals surface area contributed by atoms with Crippen LogP contribution in [0.25, 0.3) is 17.2 Å². The molecule has 3 rings (SSSR count). The second kappa shape index (κ2) is 7.92. The zero-order valence-corrected chi connectivity index (χ0v) is 15.5. The van der Waals surface area contributed by atoms with E-state index in [1.807, 2.05) is 30.3 Å². The minimum Gasteiger partial charge on any atom is -0.497 e. The number of carbonyl (C=O) groups excluding carboxylic acids is 2. The maximum atomic E-state index is 12.7. The summed E-state index contributed by atoms with van der Waals surface area (Å²) < 4.78 is 5.18. The van der Waals surface area contributed by atoms with Crippen molar-refractivity contribution in [1.82, 2.24) is 15.2 Å². The van der Waals surface area contributed by atoms with E-state index in [9.17, 15) is 9.59 Å². The lowest BCUT2D eigenvalue weighted by Gasteiger charge is -2.27. The first-order chi connectivity index (χ1) is 13.0. The number of rotatable bonds is 5. The number of aromatic nitrogens is 1. The summed E-state index contributed by atoms with van der Waals surface area (Å²) in [4.78, 5) is 30.4. The molecule has 0 aliphatic carbocycles. The summed E-state index contributed by atoms with van der Waals surface area (Å²) in [6.07, 6.45) is 6.34. The van der Waals surface area contributed by atoms with Gasteiger partial charge in [-0.15, -0.1) is 6.58 Å². The zero-order chi connectivity index (χ0) is 19.4. The third kappa shape index (κ3) is 3.78. The number of nitrogens with one attached hydrogen (secondary N) is 1. The highest BCUT2D eigenvalue weighted by molar-refractivity contribution is 7.80. The third-order valence-electron chi connectivity index (χ3n) is 4.05. The number of methoxy groups -OCH3 is 1. The van der Waals surface area contributed by atoms with Crippen LogP contribution in [-0.4, -0.2) is 40.5 Å². The minimum absolute atomic E-state index is 0.00629. The van der Waals surface area contributed by atoms with Gasteiger partial charge in [-0.3, -0.25) is 24.8 Å². The molecule has 0 unspecified atom stereocenters. The summed E-state index contributed by atoms with van der Waals surface area (Å²) in [6, 6.07) is 9.31. The Hall–Kier alpha value is -3.32. The second-order valence-electron chi connectivity index (χ2n) is 5.71. The summed E-state index contributed by atoms with van der Waals surface area (Å²) in [5, 5.41) is 2.61. The van der Waals surface area contributed by atoms with Crippen molar-refractivity contribution in [2.24, 2.45) is 0 Å². The van der Waals surface area contributed by atoms with Crippen LogP contribution in [0.3, 0.4) is 0 Å². The van der Waals surface area contributed by atoms with Gasteiger partial charge in [0.15, 0.2) is 5.11 Å². The van der Waals surface area contributed by atoms with Crippen molar-refractivity contribution in [3.63, 3.8) is 0 Å². The smallest absolute Gasteiger partial charge is 0.265 e. The molecule has 0 spiro atoms. The fourth-order valence-electron chi connectivity index (χ4n) is 2.70. The lowest BCUT2D eigenvalue weighted by Crippen LogP contribution is -2.53. The van der Waals surface area contributed by atoms with Gasteiger partial charge in [0.25, 0.3) is 11.8 Å². The van der Waals surface area contributed by atoms with Crippen LogP contribution >= 0.6 is 12.2 Å². The van der Waals surface area contributed by atoms with Crippen LogP contribution in [0.5, 0.6) is 5.75 Å². The van der Waals surface area contributed by atoms with Gasteiger partial charge in [-0.1, -0.05) is 18.2 Å². The van der Waals surface area contributed by atoms with Crippen LogP contribution < -0.4 is 10.1 Å². The van der Waals surface area contributed by atoms with Gasteiger partial charge in [-0.05, 0) is 47.6 Å². The van der Waals surface area contributed by atoms with E-state index in [0.29, 0.717) is 5.56 Å². The SMILES string of the molecule is C=CCN1C(=O)/C(=C/c2cnccc2-c2ccc(OC)cc2)C(=O)NC1=S. The Morgan fingerprint density at radius 1 is 1.26 bits per heavy atom. The molecule has 1 saturated heterocycles. The monoisotopic (exact) mass is 379 g/mol. The molecule has 1 aromatic heterocycles. The number of pyridine rings is 1. The van der Waals surface area contributed by atoms with Crippen LogP contribution in [0.2, 0.25) is 0 Å². The molecule has 1 fully saturated rings. The number of nitrogens with zero attached hydrogens (tertiary/aromatic N) is 2. The number of carbonyl (C=O) groups is 2. The van der Waals surface area contributed by atoms with E-state index < -0.39 is 11.8 Å². The fourth-order valence-corrected chi connectivity index (χ4v) is 2.95. The lowest BCUT2D eigenvalue weighted by molar-refractivity contribution is -0.128. The maximum Gasteiger partial charge on any atom is 0.265 e. The van der Waals surface area contributed by atoms with Crippen molar-refractivity contribution in [3.05, 3.63) is 66.5 Å². The molecule has 27 heavy (non-hydrogen) atoms. The Morgan fingerprint density at radius 2 is 2.00 bits per heavy atom. The van der Waals surface area contributed by atoms with Gasteiger partial charge < -0.3 is 4.74 Å². The van der Waals surface area contributed by atoms with E-state index >= 15 is 0 Å². The number of hydrogen-bond donors (Lipinski definition) is 1. The van der Waals surface area contributed by atoms with Gasteiger partial charge in [0.05, 0.1) is 7.11 Å². The summed E-state index contributed by atoms with van der Waals surface area (Å²) >= 11 is 5.06. The first kappa shape index (κ1) is 18.5. The first-order valence-corrected chi connectivity index (χ1v) is 8.54. The van der Waals surface area contributed by atoms with Crippen molar-refractivity contribution >= 4 is 35.2 Å². The molecule has 0 radical (unpaired) electrons. The Labute approximate surface area is 162 Å². The van der Waals surface area contributed by atoms with Gasteiger partial charge in [0.2, 0.25) is 0 Å². The molecular weight excluding hydrogens is 362 g/mol. The topological polar surface area (TPSA) is 71.5 Å². The number of ether oxygens (including phenoxy) is 1.